The summed E-state index contributed by atoms with van der Waals surface area (Å²) in [5.41, 5.74) is -0.215. The summed E-state index contributed by atoms with van der Waals surface area (Å²) in [5, 5.41) is 9.91. The van der Waals surface area contributed by atoms with Crippen LogP contribution < -0.4 is 0 Å². The minimum atomic E-state index is -0.993. The zero-order valence-electron chi connectivity index (χ0n) is 12.0. The number of carbonyl (C=O) groups is 2. The molecule has 1 heterocycles. The third-order valence-corrected chi connectivity index (χ3v) is 4.70. The van der Waals surface area contributed by atoms with Crippen LogP contribution in [0.3, 0.4) is 0 Å². The van der Waals surface area contributed by atoms with Crippen LogP contribution >= 0.6 is 0 Å². The lowest BCUT2D eigenvalue weighted by molar-refractivity contribution is -0.149. The van der Waals surface area contributed by atoms with E-state index in [1.807, 2.05) is 42.5 Å². The molecule has 3 rings (SSSR count). The van der Waals surface area contributed by atoms with E-state index < -0.39 is 5.54 Å². The highest BCUT2D eigenvalue weighted by molar-refractivity contribution is 6.06. The molecule has 0 bridgehead atoms. The molecule has 1 saturated heterocycles. The molecule has 2 amide bonds. The van der Waals surface area contributed by atoms with Gasteiger partial charge in [-0.3, -0.25) is 14.5 Å². The SMILES string of the molecule is CC(CO)(c1ccccc1)N1C(=O)C2CC=CCC2C1=O. The molecule has 1 aliphatic heterocycles. The molecule has 1 aliphatic carbocycles. The van der Waals surface area contributed by atoms with Crippen molar-refractivity contribution in [3.05, 3.63) is 48.0 Å². The van der Waals surface area contributed by atoms with Crippen LogP contribution in [0.4, 0.5) is 0 Å². The van der Waals surface area contributed by atoms with Gasteiger partial charge in [-0.25, -0.2) is 0 Å². The van der Waals surface area contributed by atoms with Crippen molar-refractivity contribution >= 4 is 11.8 Å². The summed E-state index contributed by atoms with van der Waals surface area (Å²) in [5.74, 6) is -0.848. The van der Waals surface area contributed by atoms with Crippen LogP contribution in [-0.2, 0) is 15.1 Å². The number of amides is 2. The van der Waals surface area contributed by atoms with E-state index in [-0.39, 0.29) is 30.3 Å². The van der Waals surface area contributed by atoms with E-state index in [0.29, 0.717) is 12.8 Å². The quantitative estimate of drug-likeness (QED) is 0.681. The number of allylic oxidation sites excluding steroid dienone is 2. The van der Waals surface area contributed by atoms with Crippen molar-refractivity contribution in [1.82, 2.24) is 4.90 Å². The molecule has 3 atom stereocenters. The first kappa shape index (κ1) is 14.0. The summed E-state index contributed by atoms with van der Waals surface area (Å²) in [6.07, 6.45) is 5.16. The largest absolute Gasteiger partial charge is 0.394 e. The zero-order chi connectivity index (χ0) is 15.0. The molecule has 0 spiro atoms. The van der Waals surface area contributed by atoms with Gasteiger partial charge in [-0.05, 0) is 25.3 Å². The lowest BCUT2D eigenvalue weighted by Crippen LogP contribution is -2.50. The number of carbonyl (C=O) groups excluding carboxylic acids is 2. The van der Waals surface area contributed by atoms with Crippen molar-refractivity contribution in [2.24, 2.45) is 11.8 Å². The fraction of sp³-hybridized carbons (Fsp3) is 0.412. The van der Waals surface area contributed by atoms with Gasteiger partial charge in [-0.2, -0.15) is 0 Å². The first-order valence-corrected chi connectivity index (χ1v) is 7.29. The van der Waals surface area contributed by atoms with Crippen LogP contribution in [-0.4, -0.2) is 28.4 Å². The number of nitrogens with zero attached hydrogens (tertiary/aromatic N) is 1. The molecular weight excluding hydrogens is 266 g/mol. The summed E-state index contributed by atoms with van der Waals surface area (Å²) in [6, 6.07) is 9.26. The van der Waals surface area contributed by atoms with Gasteiger partial charge in [0.2, 0.25) is 11.8 Å². The Labute approximate surface area is 124 Å². The highest BCUT2D eigenvalue weighted by Crippen LogP contribution is 2.41. The van der Waals surface area contributed by atoms with E-state index in [2.05, 4.69) is 0 Å². The van der Waals surface area contributed by atoms with E-state index in [9.17, 15) is 14.7 Å². The summed E-state index contributed by atoms with van der Waals surface area (Å²) < 4.78 is 0. The van der Waals surface area contributed by atoms with Crippen LogP contribution in [0.25, 0.3) is 0 Å². The Morgan fingerprint density at radius 1 is 1.10 bits per heavy atom. The number of aliphatic hydroxyl groups is 1. The van der Waals surface area contributed by atoms with Crippen molar-refractivity contribution < 1.29 is 14.7 Å². The van der Waals surface area contributed by atoms with Gasteiger partial charge in [0.15, 0.2) is 0 Å². The average molecular weight is 285 g/mol. The van der Waals surface area contributed by atoms with E-state index >= 15 is 0 Å². The minimum absolute atomic E-state index is 0.158. The molecule has 110 valence electrons. The predicted molar refractivity (Wildman–Crippen MR) is 78.1 cm³/mol. The summed E-state index contributed by atoms with van der Waals surface area (Å²) >= 11 is 0. The Kier molecular flexibility index (Phi) is 3.41. The van der Waals surface area contributed by atoms with E-state index in [0.717, 1.165) is 5.56 Å². The number of benzene rings is 1. The van der Waals surface area contributed by atoms with Crippen molar-refractivity contribution in [2.45, 2.75) is 25.3 Å². The van der Waals surface area contributed by atoms with Crippen molar-refractivity contribution in [1.29, 1.82) is 0 Å². The van der Waals surface area contributed by atoms with E-state index in [1.165, 1.54) is 4.90 Å². The van der Waals surface area contributed by atoms with Gasteiger partial charge in [-0.1, -0.05) is 42.5 Å². The van der Waals surface area contributed by atoms with Gasteiger partial charge in [0.05, 0.1) is 24.0 Å². The topological polar surface area (TPSA) is 57.6 Å². The normalized spacial score (nSPS) is 27.6. The zero-order valence-corrected chi connectivity index (χ0v) is 12.0. The second-order valence-electron chi connectivity index (χ2n) is 5.97. The highest BCUT2D eigenvalue weighted by Gasteiger charge is 2.53. The molecule has 4 heteroatoms. The molecule has 21 heavy (non-hydrogen) atoms. The minimum Gasteiger partial charge on any atom is -0.394 e. The number of fused-ring (bicyclic) bond motifs is 1. The summed E-state index contributed by atoms with van der Waals surface area (Å²) in [4.78, 5) is 26.7. The third-order valence-electron chi connectivity index (χ3n) is 4.70. The fourth-order valence-electron chi connectivity index (χ4n) is 3.38. The number of hydrogen-bond donors (Lipinski definition) is 1. The molecule has 0 saturated carbocycles. The molecule has 1 aromatic carbocycles. The van der Waals surface area contributed by atoms with Crippen molar-refractivity contribution in [3.8, 4) is 0 Å². The standard InChI is InChI=1S/C17H19NO3/c1-17(11-19,12-7-3-2-4-8-12)18-15(20)13-9-5-6-10-14(13)16(18)21/h2-8,13-14,19H,9-11H2,1H3. The van der Waals surface area contributed by atoms with Gasteiger partial charge in [-0.15, -0.1) is 0 Å². The fourth-order valence-corrected chi connectivity index (χ4v) is 3.38. The number of aliphatic hydroxyl groups excluding tert-OH is 1. The first-order chi connectivity index (χ1) is 10.1. The van der Waals surface area contributed by atoms with E-state index in [1.54, 1.807) is 6.92 Å². The van der Waals surface area contributed by atoms with Gasteiger partial charge in [0, 0.05) is 0 Å². The predicted octanol–water partition coefficient (Wildman–Crippen LogP) is 1.85. The Morgan fingerprint density at radius 2 is 1.62 bits per heavy atom. The van der Waals surface area contributed by atoms with Gasteiger partial charge in [0.25, 0.3) is 0 Å². The lowest BCUT2D eigenvalue weighted by atomic mass is 9.85. The van der Waals surface area contributed by atoms with Gasteiger partial charge in [0.1, 0.15) is 0 Å². The highest BCUT2D eigenvalue weighted by atomic mass is 16.3. The second-order valence-corrected chi connectivity index (χ2v) is 5.97. The monoisotopic (exact) mass is 285 g/mol. The Bertz CT molecular complexity index is 569. The van der Waals surface area contributed by atoms with Crippen LogP contribution in [0.5, 0.6) is 0 Å². The number of imide groups is 1. The van der Waals surface area contributed by atoms with Gasteiger partial charge >= 0.3 is 0 Å². The van der Waals surface area contributed by atoms with Crippen LogP contribution in [0.1, 0.15) is 25.3 Å². The summed E-state index contributed by atoms with van der Waals surface area (Å²) in [7, 11) is 0. The smallest absolute Gasteiger partial charge is 0.234 e. The molecule has 3 unspecified atom stereocenters. The maximum atomic E-state index is 12.7. The molecule has 1 aromatic rings. The van der Waals surface area contributed by atoms with Crippen LogP contribution in [0.2, 0.25) is 0 Å². The maximum absolute atomic E-state index is 12.7. The molecule has 2 aliphatic rings. The molecule has 0 radical (unpaired) electrons. The molecular formula is C17H19NO3. The average Bonchev–Trinajstić information content (AvgIpc) is 2.80. The van der Waals surface area contributed by atoms with Gasteiger partial charge < -0.3 is 5.11 Å². The van der Waals surface area contributed by atoms with Crippen molar-refractivity contribution in [3.63, 3.8) is 0 Å². The Balaban J connectivity index is 2.02. The lowest BCUT2D eigenvalue weighted by Gasteiger charge is -2.36. The van der Waals surface area contributed by atoms with Crippen LogP contribution in [0.15, 0.2) is 42.5 Å². The van der Waals surface area contributed by atoms with Crippen LogP contribution in [0, 0.1) is 11.8 Å². The number of likely N-dealkylation sites (tertiary alicyclic amines) is 1. The first-order valence-electron chi connectivity index (χ1n) is 7.29. The van der Waals surface area contributed by atoms with Crippen molar-refractivity contribution in [2.75, 3.05) is 6.61 Å². The molecule has 0 aromatic heterocycles. The Morgan fingerprint density at radius 3 is 2.10 bits per heavy atom. The molecule has 1 fully saturated rings. The van der Waals surface area contributed by atoms with E-state index in [4.69, 9.17) is 0 Å². The Hall–Kier alpha value is -1.94. The maximum Gasteiger partial charge on any atom is 0.234 e. The molecule has 1 N–H and O–H groups in total. The second kappa shape index (κ2) is 5.11. The molecule has 4 nitrogen and oxygen atoms in total. The third kappa shape index (κ3) is 2.02. The number of rotatable bonds is 3. The number of hydrogen-bond acceptors (Lipinski definition) is 3. The summed E-state index contributed by atoms with van der Waals surface area (Å²) in [6.45, 7) is 1.48.